The molecular weight excluding hydrogens is 330 g/mol. The summed E-state index contributed by atoms with van der Waals surface area (Å²) in [4.78, 5) is 2.97. The van der Waals surface area contributed by atoms with E-state index in [2.05, 4.69) is 44.3 Å². The topological polar surface area (TPSA) is 30.5 Å². The van der Waals surface area contributed by atoms with Crippen LogP contribution < -0.4 is 14.8 Å². The van der Waals surface area contributed by atoms with E-state index in [1.54, 1.807) is 14.2 Å². The highest BCUT2D eigenvalue weighted by molar-refractivity contribution is 7.12. The molecule has 1 aliphatic heterocycles. The van der Waals surface area contributed by atoms with Crippen LogP contribution in [0.3, 0.4) is 0 Å². The van der Waals surface area contributed by atoms with E-state index in [9.17, 15) is 0 Å². The first-order valence-electron chi connectivity index (χ1n) is 9.03. The number of hydrogen-bond acceptors (Lipinski definition) is 4. The van der Waals surface area contributed by atoms with Gasteiger partial charge in [-0.1, -0.05) is 20.8 Å². The van der Waals surface area contributed by atoms with Gasteiger partial charge in [0.15, 0.2) is 11.5 Å². The van der Waals surface area contributed by atoms with E-state index in [0.717, 1.165) is 24.5 Å². The van der Waals surface area contributed by atoms with Crippen molar-refractivity contribution in [1.29, 1.82) is 0 Å². The van der Waals surface area contributed by atoms with Crippen molar-refractivity contribution in [2.75, 3.05) is 14.2 Å². The third kappa shape index (κ3) is 2.76. The lowest BCUT2D eigenvalue weighted by Crippen LogP contribution is -2.42. The highest BCUT2D eigenvalue weighted by atomic mass is 32.1. The summed E-state index contributed by atoms with van der Waals surface area (Å²) in [7, 11) is 3.43. The first-order valence-corrected chi connectivity index (χ1v) is 9.85. The Morgan fingerprint density at radius 2 is 1.76 bits per heavy atom. The standard InChI is InChI=1S/C21H27NO2S/c1-21(2,3)19-10-14-18(25-19)11-22-15-7-6-12-8-16(23-4)17(24-5)9-13(12)20(14)15/h8-10,15,20,22H,6-7,11H2,1-5H3/t15-,20+/m1/s1. The van der Waals surface area contributed by atoms with E-state index in [1.807, 2.05) is 11.3 Å². The number of benzene rings is 1. The van der Waals surface area contributed by atoms with Crippen LogP contribution >= 0.6 is 11.3 Å². The summed E-state index contributed by atoms with van der Waals surface area (Å²) in [5, 5.41) is 3.79. The molecule has 134 valence electrons. The number of methoxy groups -OCH3 is 2. The summed E-state index contributed by atoms with van der Waals surface area (Å²) in [6.07, 6.45) is 2.27. The van der Waals surface area contributed by atoms with Gasteiger partial charge in [0, 0.05) is 28.3 Å². The second-order valence-corrected chi connectivity index (χ2v) is 9.29. The van der Waals surface area contributed by atoms with Crippen LogP contribution in [0.1, 0.15) is 59.6 Å². The fourth-order valence-electron chi connectivity index (χ4n) is 4.18. The van der Waals surface area contributed by atoms with Crippen molar-refractivity contribution < 1.29 is 9.47 Å². The summed E-state index contributed by atoms with van der Waals surface area (Å²) in [6.45, 7) is 7.91. The Bertz CT molecular complexity index is 803. The van der Waals surface area contributed by atoms with Gasteiger partial charge in [-0.25, -0.2) is 0 Å². The minimum absolute atomic E-state index is 0.201. The molecule has 1 aliphatic carbocycles. The largest absolute Gasteiger partial charge is 0.493 e. The van der Waals surface area contributed by atoms with Crippen molar-refractivity contribution in [2.24, 2.45) is 0 Å². The lowest BCUT2D eigenvalue weighted by atomic mass is 9.73. The molecule has 1 N–H and O–H groups in total. The molecule has 2 atom stereocenters. The zero-order chi connectivity index (χ0) is 17.8. The van der Waals surface area contributed by atoms with E-state index in [0.29, 0.717) is 12.0 Å². The van der Waals surface area contributed by atoms with Gasteiger partial charge >= 0.3 is 0 Å². The Morgan fingerprint density at radius 3 is 2.44 bits per heavy atom. The Hall–Kier alpha value is -1.52. The van der Waals surface area contributed by atoms with E-state index in [-0.39, 0.29) is 5.41 Å². The highest BCUT2D eigenvalue weighted by Crippen LogP contribution is 2.47. The van der Waals surface area contributed by atoms with Gasteiger partial charge in [0.2, 0.25) is 0 Å². The molecular formula is C21H27NO2S. The van der Waals surface area contributed by atoms with E-state index >= 15 is 0 Å². The number of ether oxygens (including phenoxy) is 2. The smallest absolute Gasteiger partial charge is 0.161 e. The molecule has 2 aliphatic rings. The number of rotatable bonds is 2. The average Bonchev–Trinajstić information content (AvgIpc) is 3.04. The maximum atomic E-state index is 5.59. The first-order chi connectivity index (χ1) is 11.9. The number of nitrogens with one attached hydrogen (secondary N) is 1. The maximum absolute atomic E-state index is 5.59. The molecule has 4 rings (SSSR count). The predicted molar refractivity (Wildman–Crippen MR) is 103 cm³/mol. The summed E-state index contributed by atoms with van der Waals surface area (Å²) in [5.74, 6) is 2.09. The minimum atomic E-state index is 0.201. The van der Waals surface area contributed by atoms with Crippen molar-refractivity contribution >= 4 is 11.3 Å². The molecule has 1 aromatic carbocycles. The molecule has 25 heavy (non-hydrogen) atoms. The van der Waals surface area contributed by atoms with Crippen LogP contribution in [0, 0.1) is 0 Å². The average molecular weight is 358 g/mol. The molecule has 1 aromatic heterocycles. The van der Waals surface area contributed by atoms with Crippen molar-refractivity contribution in [3.63, 3.8) is 0 Å². The first kappa shape index (κ1) is 16.9. The van der Waals surface area contributed by atoms with Gasteiger partial charge in [0.05, 0.1) is 14.2 Å². The van der Waals surface area contributed by atoms with Crippen molar-refractivity contribution in [1.82, 2.24) is 5.32 Å². The van der Waals surface area contributed by atoms with Gasteiger partial charge < -0.3 is 14.8 Å². The van der Waals surface area contributed by atoms with Gasteiger partial charge in [0.1, 0.15) is 0 Å². The van der Waals surface area contributed by atoms with Gasteiger partial charge in [-0.05, 0) is 53.1 Å². The quantitative estimate of drug-likeness (QED) is 0.851. The summed E-state index contributed by atoms with van der Waals surface area (Å²) in [6, 6.07) is 7.36. The number of fused-ring (bicyclic) bond motifs is 5. The predicted octanol–water partition coefficient (Wildman–Crippen LogP) is 4.61. The second-order valence-electron chi connectivity index (χ2n) is 8.15. The fraction of sp³-hybridized carbons (Fsp3) is 0.524. The van der Waals surface area contributed by atoms with Crippen LogP contribution in [0.15, 0.2) is 18.2 Å². The summed E-state index contributed by atoms with van der Waals surface area (Å²) < 4.78 is 11.1. The lowest BCUT2D eigenvalue weighted by Gasteiger charge is -2.38. The Kier molecular flexibility index (Phi) is 4.08. The van der Waals surface area contributed by atoms with E-state index in [4.69, 9.17) is 9.47 Å². The molecule has 0 spiro atoms. The van der Waals surface area contributed by atoms with Crippen molar-refractivity contribution in [3.8, 4) is 11.5 Å². The number of thiophene rings is 1. The lowest BCUT2D eigenvalue weighted by molar-refractivity contribution is 0.349. The van der Waals surface area contributed by atoms with Crippen LogP contribution in [-0.2, 0) is 18.4 Å². The minimum Gasteiger partial charge on any atom is -0.493 e. The Balaban J connectivity index is 1.85. The van der Waals surface area contributed by atoms with Crippen LogP contribution in [0.25, 0.3) is 0 Å². The van der Waals surface area contributed by atoms with Crippen LogP contribution in [-0.4, -0.2) is 20.3 Å². The molecule has 2 aromatic rings. The zero-order valence-corrected chi connectivity index (χ0v) is 16.5. The molecule has 0 bridgehead atoms. The summed E-state index contributed by atoms with van der Waals surface area (Å²) >= 11 is 1.97. The monoisotopic (exact) mass is 357 g/mol. The molecule has 0 saturated heterocycles. The number of aryl methyl sites for hydroxylation is 1. The molecule has 3 nitrogen and oxygen atoms in total. The SMILES string of the molecule is COc1cc2c(cc1OC)[C@H]1c3cc(C(C)(C)C)sc3CN[C@@H]1CC2. The maximum Gasteiger partial charge on any atom is 0.161 e. The van der Waals surface area contributed by atoms with Gasteiger partial charge in [0.25, 0.3) is 0 Å². The van der Waals surface area contributed by atoms with Crippen molar-refractivity contribution in [3.05, 3.63) is 44.6 Å². The van der Waals surface area contributed by atoms with Gasteiger partial charge in [-0.3, -0.25) is 0 Å². The second kappa shape index (κ2) is 6.03. The molecule has 0 unspecified atom stereocenters. The van der Waals surface area contributed by atoms with E-state index in [1.165, 1.54) is 32.9 Å². The van der Waals surface area contributed by atoms with Crippen molar-refractivity contribution in [2.45, 2.75) is 57.5 Å². The fourth-order valence-corrected chi connectivity index (χ4v) is 5.40. The molecule has 2 heterocycles. The van der Waals surface area contributed by atoms with Crippen LogP contribution in [0.4, 0.5) is 0 Å². The number of hydrogen-bond donors (Lipinski definition) is 1. The normalized spacial score (nSPS) is 22.0. The summed E-state index contributed by atoms with van der Waals surface area (Å²) in [5.41, 5.74) is 4.52. The highest BCUT2D eigenvalue weighted by Gasteiger charge is 2.37. The van der Waals surface area contributed by atoms with Crippen LogP contribution in [0.2, 0.25) is 0 Å². The molecule has 0 saturated carbocycles. The molecule has 0 amide bonds. The molecule has 0 fully saturated rings. The third-order valence-corrected chi connectivity index (χ3v) is 7.12. The Labute approximate surface area is 154 Å². The zero-order valence-electron chi connectivity index (χ0n) is 15.7. The van der Waals surface area contributed by atoms with Gasteiger partial charge in [-0.2, -0.15) is 0 Å². The van der Waals surface area contributed by atoms with E-state index < -0.39 is 0 Å². The molecule has 4 heteroatoms. The molecule has 0 radical (unpaired) electrons. The van der Waals surface area contributed by atoms with Gasteiger partial charge in [-0.15, -0.1) is 11.3 Å². The Morgan fingerprint density at radius 1 is 1.04 bits per heavy atom. The van der Waals surface area contributed by atoms with Crippen LogP contribution in [0.5, 0.6) is 11.5 Å². The third-order valence-electron chi connectivity index (χ3n) is 5.55.